The first kappa shape index (κ1) is 22.9. The molecule has 1 atom stereocenters. The highest BCUT2D eigenvalue weighted by Gasteiger charge is 2.41. The zero-order valence-corrected chi connectivity index (χ0v) is 19.6. The van der Waals surface area contributed by atoms with Crippen LogP contribution < -0.4 is 4.18 Å². The van der Waals surface area contributed by atoms with Crippen molar-refractivity contribution in [2.75, 3.05) is 13.6 Å². The monoisotopic (exact) mass is 469 g/mol. The van der Waals surface area contributed by atoms with E-state index in [1.54, 1.807) is 30.0 Å². The van der Waals surface area contributed by atoms with E-state index < -0.39 is 15.5 Å². The highest BCUT2D eigenvalue weighted by atomic mass is 35.5. The summed E-state index contributed by atoms with van der Waals surface area (Å²) in [7, 11) is -2.36. The molecule has 1 fully saturated rings. The Morgan fingerprint density at radius 1 is 1.13 bits per heavy atom. The lowest BCUT2D eigenvalue weighted by Crippen LogP contribution is -2.43. The molecule has 1 saturated heterocycles. The summed E-state index contributed by atoms with van der Waals surface area (Å²) in [5, 5.41) is 0.370. The van der Waals surface area contributed by atoms with Gasteiger partial charge >= 0.3 is 10.1 Å². The second kappa shape index (κ2) is 8.77. The maximum Gasteiger partial charge on any atom is 0.340 e. The van der Waals surface area contributed by atoms with Gasteiger partial charge in [0.25, 0.3) is 0 Å². The highest BCUT2D eigenvalue weighted by Crippen LogP contribution is 2.39. The molecule has 0 unspecified atom stereocenters. The molecule has 1 aliphatic rings. The van der Waals surface area contributed by atoms with Crippen LogP contribution in [0.1, 0.15) is 43.7 Å². The molecule has 3 rings (SSSR count). The molecule has 0 spiro atoms. The van der Waals surface area contributed by atoms with Crippen LogP contribution in [0.2, 0.25) is 10.0 Å². The van der Waals surface area contributed by atoms with E-state index in [1.165, 1.54) is 12.1 Å². The number of halogens is 2. The van der Waals surface area contributed by atoms with Crippen molar-refractivity contribution in [3.05, 3.63) is 57.6 Å². The van der Waals surface area contributed by atoms with Crippen LogP contribution in [-0.4, -0.2) is 32.8 Å². The van der Waals surface area contributed by atoms with Crippen LogP contribution in [0.4, 0.5) is 0 Å². The Morgan fingerprint density at radius 2 is 1.87 bits per heavy atom. The predicted molar refractivity (Wildman–Crippen MR) is 119 cm³/mol. The molecule has 1 amide bonds. The fourth-order valence-corrected chi connectivity index (χ4v) is 5.72. The van der Waals surface area contributed by atoms with Crippen molar-refractivity contribution in [1.82, 2.24) is 4.90 Å². The largest absolute Gasteiger partial charge is 0.379 e. The van der Waals surface area contributed by atoms with Crippen LogP contribution in [-0.2, 0) is 20.3 Å². The SMILES string of the molecule is CC[C@]1(c2cccc(OS(=O)(=O)c3cc(C)c(Cl)cc3Cl)c2)CCCCN(C)C1=O. The molecule has 8 heteroatoms. The van der Waals surface area contributed by atoms with Crippen LogP contribution >= 0.6 is 23.2 Å². The lowest BCUT2D eigenvalue weighted by atomic mass is 9.73. The van der Waals surface area contributed by atoms with E-state index in [4.69, 9.17) is 27.4 Å². The van der Waals surface area contributed by atoms with Gasteiger partial charge in [-0.3, -0.25) is 4.79 Å². The Balaban J connectivity index is 1.99. The van der Waals surface area contributed by atoms with Crippen molar-refractivity contribution >= 4 is 39.2 Å². The molecule has 0 saturated carbocycles. The molecule has 1 aliphatic heterocycles. The highest BCUT2D eigenvalue weighted by molar-refractivity contribution is 7.87. The van der Waals surface area contributed by atoms with Crippen LogP contribution in [0.5, 0.6) is 5.75 Å². The summed E-state index contributed by atoms with van der Waals surface area (Å²) in [6.07, 6.45) is 3.20. The number of nitrogens with zero attached hydrogens (tertiary/aromatic N) is 1. The first-order valence-electron chi connectivity index (χ1n) is 9.87. The molecule has 0 aromatic heterocycles. The zero-order chi connectivity index (χ0) is 22.1. The Kier molecular flexibility index (Phi) is 6.70. The smallest absolute Gasteiger partial charge is 0.340 e. The number of hydrogen-bond donors (Lipinski definition) is 0. The van der Waals surface area contributed by atoms with E-state index in [9.17, 15) is 13.2 Å². The van der Waals surface area contributed by atoms with Crippen molar-refractivity contribution in [3.63, 3.8) is 0 Å². The van der Waals surface area contributed by atoms with E-state index in [2.05, 4.69) is 0 Å². The summed E-state index contributed by atoms with van der Waals surface area (Å²) in [4.78, 5) is 14.8. The minimum Gasteiger partial charge on any atom is -0.379 e. The van der Waals surface area contributed by atoms with E-state index in [-0.39, 0.29) is 21.6 Å². The number of amides is 1. The first-order valence-corrected chi connectivity index (χ1v) is 12.0. The van der Waals surface area contributed by atoms with Gasteiger partial charge in [-0.2, -0.15) is 8.42 Å². The second-order valence-corrected chi connectivity index (χ2v) is 10.0. The standard InChI is InChI=1S/C22H25Cl2NO4S/c1-4-22(10-5-6-11-25(3)21(22)26)16-8-7-9-17(13-16)29-30(27,28)20-12-15(2)18(23)14-19(20)24/h7-9,12-14H,4-6,10-11H2,1-3H3/t22-/m1/s1. The van der Waals surface area contributed by atoms with E-state index in [0.29, 0.717) is 23.4 Å². The molecular formula is C22H25Cl2NO4S. The fraction of sp³-hybridized carbons (Fsp3) is 0.409. The summed E-state index contributed by atoms with van der Waals surface area (Å²) < 4.78 is 31.1. The maximum absolute atomic E-state index is 13.2. The third-order valence-electron chi connectivity index (χ3n) is 5.78. The zero-order valence-electron chi connectivity index (χ0n) is 17.2. The molecule has 1 heterocycles. The van der Waals surface area contributed by atoms with Crippen LogP contribution in [0, 0.1) is 6.92 Å². The average Bonchev–Trinajstić information content (AvgIpc) is 2.84. The Morgan fingerprint density at radius 3 is 2.57 bits per heavy atom. The molecule has 30 heavy (non-hydrogen) atoms. The van der Waals surface area contributed by atoms with Crippen LogP contribution in [0.25, 0.3) is 0 Å². The van der Waals surface area contributed by atoms with Crippen LogP contribution in [0.3, 0.4) is 0 Å². The Labute approximate surface area is 188 Å². The van der Waals surface area contributed by atoms with Gasteiger partial charge in [0, 0.05) is 18.6 Å². The molecule has 2 aromatic carbocycles. The van der Waals surface area contributed by atoms with Crippen molar-refractivity contribution in [3.8, 4) is 5.75 Å². The van der Waals surface area contributed by atoms with E-state index in [1.807, 2.05) is 20.0 Å². The lowest BCUT2D eigenvalue weighted by Gasteiger charge is -2.33. The lowest BCUT2D eigenvalue weighted by molar-refractivity contribution is -0.135. The van der Waals surface area contributed by atoms with Gasteiger partial charge in [0.05, 0.1) is 10.4 Å². The van der Waals surface area contributed by atoms with Gasteiger partial charge in [-0.1, -0.05) is 48.7 Å². The number of carbonyl (C=O) groups excluding carboxylic acids is 1. The number of likely N-dealkylation sites (N-methyl/N-ethyl adjacent to an activating group) is 1. The topological polar surface area (TPSA) is 63.7 Å². The van der Waals surface area contributed by atoms with Gasteiger partial charge in [0.2, 0.25) is 5.91 Å². The number of likely N-dealkylation sites (tertiary alicyclic amines) is 1. The summed E-state index contributed by atoms with van der Waals surface area (Å²) in [5.41, 5.74) is 0.645. The molecular weight excluding hydrogens is 445 g/mol. The molecule has 5 nitrogen and oxygen atoms in total. The first-order chi connectivity index (χ1) is 14.1. The van der Waals surface area contributed by atoms with Gasteiger partial charge in [0.1, 0.15) is 10.6 Å². The number of aryl methyl sites for hydroxylation is 1. The van der Waals surface area contributed by atoms with Crippen molar-refractivity contribution < 1.29 is 17.4 Å². The van der Waals surface area contributed by atoms with Crippen LogP contribution in [0.15, 0.2) is 41.3 Å². The third-order valence-corrected chi connectivity index (χ3v) is 7.90. The average molecular weight is 470 g/mol. The van der Waals surface area contributed by atoms with Crippen molar-refractivity contribution in [1.29, 1.82) is 0 Å². The third kappa shape index (κ3) is 4.32. The van der Waals surface area contributed by atoms with Gasteiger partial charge in [-0.05, 0) is 61.6 Å². The van der Waals surface area contributed by atoms with Gasteiger partial charge in [-0.25, -0.2) is 0 Å². The molecule has 0 bridgehead atoms. The second-order valence-electron chi connectivity index (χ2n) is 7.72. The maximum atomic E-state index is 13.2. The number of carbonyl (C=O) groups is 1. The van der Waals surface area contributed by atoms with Gasteiger partial charge in [-0.15, -0.1) is 0 Å². The molecule has 2 aromatic rings. The quantitative estimate of drug-likeness (QED) is 0.552. The molecule has 0 radical (unpaired) electrons. The summed E-state index contributed by atoms with van der Waals surface area (Å²) in [5.74, 6) is 0.197. The van der Waals surface area contributed by atoms with Gasteiger partial charge < -0.3 is 9.08 Å². The summed E-state index contributed by atoms with van der Waals surface area (Å²) >= 11 is 12.1. The fourth-order valence-electron chi connectivity index (χ4n) is 3.99. The molecule has 162 valence electrons. The number of hydrogen-bond acceptors (Lipinski definition) is 4. The summed E-state index contributed by atoms with van der Waals surface area (Å²) in [6, 6.07) is 9.56. The van der Waals surface area contributed by atoms with E-state index in [0.717, 1.165) is 24.9 Å². The Hall–Kier alpha value is -1.76. The summed E-state index contributed by atoms with van der Waals surface area (Å²) in [6.45, 7) is 4.40. The van der Waals surface area contributed by atoms with Crippen molar-refractivity contribution in [2.24, 2.45) is 0 Å². The Bertz CT molecular complexity index is 1070. The predicted octanol–water partition coefficient (Wildman–Crippen LogP) is 5.36. The minimum absolute atomic E-state index is 0.00708. The normalized spacial score (nSPS) is 20.2. The van der Waals surface area contributed by atoms with Gasteiger partial charge in [0.15, 0.2) is 0 Å². The number of benzene rings is 2. The minimum atomic E-state index is -4.17. The van der Waals surface area contributed by atoms with Crippen molar-refractivity contribution in [2.45, 2.75) is 49.8 Å². The molecule has 0 N–H and O–H groups in total. The van der Waals surface area contributed by atoms with E-state index >= 15 is 0 Å². The number of rotatable bonds is 5. The molecule has 0 aliphatic carbocycles.